The third kappa shape index (κ3) is 1.36. The van der Waals surface area contributed by atoms with Gasteiger partial charge >= 0.3 is 0 Å². The molecule has 0 aliphatic carbocycles. The molecule has 1 aromatic heterocycles. The fourth-order valence-corrected chi connectivity index (χ4v) is 1.42. The lowest BCUT2D eigenvalue weighted by Crippen LogP contribution is -2.05. The Morgan fingerprint density at radius 1 is 1.38 bits per heavy atom. The highest BCUT2D eigenvalue weighted by atomic mass is 14.7. The molecule has 2 aromatic rings. The van der Waals surface area contributed by atoms with E-state index >= 15 is 0 Å². The first-order valence-electron chi connectivity index (χ1n) is 4.26. The van der Waals surface area contributed by atoms with Crippen molar-refractivity contribution in [3.63, 3.8) is 0 Å². The molecule has 0 aliphatic heterocycles. The second kappa shape index (κ2) is 3.07. The summed E-state index contributed by atoms with van der Waals surface area (Å²) in [5.74, 6) is 0. The first kappa shape index (κ1) is 8.08. The second-order valence-electron chi connectivity index (χ2n) is 3.09. The van der Waals surface area contributed by atoms with Gasteiger partial charge in [0.2, 0.25) is 0 Å². The summed E-state index contributed by atoms with van der Waals surface area (Å²) in [5.41, 5.74) is 8.06. The zero-order valence-electron chi connectivity index (χ0n) is 7.33. The number of fused-ring (bicyclic) bond motifs is 1. The lowest BCUT2D eigenvalue weighted by atomic mass is 10.1. The second-order valence-corrected chi connectivity index (χ2v) is 3.09. The van der Waals surface area contributed by atoms with Crippen LogP contribution < -0.4 is 5.73 Å². The van der Waals surface area contributed by atoms with E-state index in [0.29, 0.717) is 0 Å². The minimum absolute atomic E-state index is 0.0701. The van der Waals surface area contributed by atoms with Crippen LogP contribution in [-0.4, -0.2) is 4.98 Å². The van der Waals surface area contributed by atoms with Gasteiger partial charge in [0.25, 0.3) is 0 Å². The highest BCUT2D eigenvalue weighted by molar-refractivity contribution is 5.80. The number of nitrogens with one attached hydrogen (secondary N) is 1. The predicted octanol–water partition coefficient (Wildman–Crippen LogP) is 2.35. The normalized spacial score (nSPS) is 13.0. The van der Waals surface area contributed by atoms with Crippen LogP contribution in [0.2, 0.25) is 0 Å². The molecule has 1 heterocycles. The molecule has 0 fully saturated rings. The monoisotopic (exact) mass is 172 g/mol. The first-order valence-corrected chi connectivity index (χ1v) is 4.26. The quantitative estimate of drug-likeness (QED) is 0.671. The van der Waals surface area contributed by atoms with Crippen molar-refractivity contribution in [1.29, 1.82) is 0 Å². The van der Waals surface area contributed by atoms with Gasteiger partial charge in [-0.2, -0.15) is 0 Å². The van der Waals surface area contributed by atoms with E-state index < -0.39 is 0 Å². The van der Waals surface area contributed by atoms with Crippen molar-refractivity contribution < 1.29 is 0 Å². The lowest BCUT2D eigenvalue weighted by Gasteiger charge is -2.05. The lowest BCUT2D eigenvalue weighted by molar-refractivity contribution is 0.917. The average Bonchev–Trinajstić information content (AvgIpc) is 2.63. The SMILES string of the molecule is C=CC(N)c1ccc2[nH]ccc2c1. The van der Waals surface area contributed by atoms with Gasteiger partial charge < -0.3 is 10.7 Å². The van der Waals surface area contributed by atoms with Gasteiger partial charge in [0.05, 0.1) is 0 Å². The molecule has 3 N–H and O–H groups in total. The van der Waals surface area contributed by atoms with Crippen LogP contribution in [0, 0.1) is 0 Å². The molecule has 1 aromatic carbocycles. The maximum absolute atomic E-state index is 5.83. The summed E-state index contributed by atoms with van der Waals surface area (Å²) in [6.07, 6.45) is 3.67. The molecule has 2 heteroatoms. The number of rotatable bonds is 2. The maximum Gasteiger partial charge on any atom is 0.0478 e. The van der Waals surface area contributed by atoms with Crippen LogP contribution in [0.4, 0.5) is 0 Å². The van der Waals surface area contributed by atoms with Crippen LogP contribution in [0.25, 0.3) is 10.9 Å². The summed E-state index contributed by atoms with van der Waals surface area (Å²) in [6.45, 7) is 3.67. The molecule has 66 valence electrons. The molecule has 0 saturated carbocycles. The molecule has 2 rings (SSSR count). The number of benzene rings is 1. The molecule has 1 atom stereocenters. The molecule has 0 spiro atoms. The van der Waals surface area contributed by atoms with Crippen molar-refractivity contribution in [3.8, 4) is 0 Å². The Morgan fingerprint density at radius 3 is 3.00 bits per heavy atom. The van der Waals surface area contributed by atoms with Gasteiger partial charge in [-0.3, -0.25) is 0 Å². The van der Waals surface area contributed by atoms with Crippen molar-refractivity contribution in [2.45, 2.75) is 6.04 Å². The smallest absolute Gasteiger partial charge is 0.0478 e. The van der Waals surface area contributed by atoms with Crippen molar-refractivity contribution in [1.82, 2.24) is 4.98 Å². The van der Waals surface area contributed by atoms with Crippen LogP contribution in [0.1, 0.15) is 11.6 Å². The average molecular weight is 172 g/mol. The fourth-order valence-electron chi connectivity index (χ4n) is 1.42. The Bertz CT molecular complexity index is 428. The summed E-state index contributed by atoms with van der Waals surface area (Å²) >= 11 is 0. The minimum atomic E-state index is -0.0701. The number of aromatic nitrogens is 1. The molecular weight excluding hydrogens is 160 g/mol. The van der Waals surface area contributed by atoms with Crippen molar-refractivity contribution >= 4 is 10.9 Å². The molecule has 0 radical (unpaired) electrons. The van der Waals surface area contributed by atoms with E-state index in [0.717, 1.165) is 11.1 Å². The molecule has 0 amide bonds. The zero-order valence-corrected chi connectivity index (χ0v) is 7.33. The third-order valence-electron chi connectivity index (χ3n) is 2.22. The first-order chi connectivity index (χ1) is 6.31. The Balaban J connectivity index is 2.53. The molecule has 0 saturated heterocycles. The van der Waals surface area contributed by atoms with Crippen LogP contribution in [0.5, 0.6) is 0 Å². The van der Waals surface area contributed by atoms with Crippen LogP contribution >= 0.6 is 0 Å². The standard InChI is InChI=1S/C11H12N2/c1-2-10(12)8-3-4-11-9(7-8)5-6-13-11/h2-7,10,13H,1,12H2. The summed E-state index contributed by atoms with van der Waals surface area (Å²) < 4.78 is 0. The number of aromatic amines is 1. The van der Waals surface area contributed by atoms with Gasteiger partial charge in [-0.15, -0.1) is 6.58 Å². The Labute approximate surface area is 77.1 Å². The van der Waals surface area contributed by atoms with E-state index in [4.69, 9.17) is 5.73 Å². The van der Waals surface area contributed by atoms with E-state index in [1.165, 1.54) is 5.39 Å². The summed E-state index contributed by atoms with van der Waals surface area (Å²) in [7, 11) is 0. The number of H-pyrrole nitrogens is 1. The molecule has 1 unspecified atom stereocenters. The third-order valence-corrected chi connectivity index (χ3v) is 2.22. The van der Waals surface area contributed by atoms with Gasteiger partial charge in [-0.25, -0.2) is 0 Å². The number of hydrogen-bond donors (Lipinski definition) is 2. The molecule has 13 heavy (non-hydrogen) atoms. The van der Waals surface area contributed by atoms with E-state index in [2.05, 4.69) is 17.6 Å². The predicted molar refractivity (Wildman–Crippen MR) is 55.4 cm³/mol. The Hall–Kier alpha value is -1.54. The highest BCUT2D eigenvalue weighted by Crippen LogP contribution is 2.18. The molecule has 2 nitrogen and oxygen atoms in total. The van der Waals surface area contributed by atoms with Crippen molar-refractivity contribution in [2.75, 3.05) is 0 Å². The molecule has 0 aliphatic rings. The largest absolute Gasteiger partial charge is 0.361 e. The molecular formula is C11H12N2. The number of nitrogens with two attached hydrogens (primary N) is 1. The van der Waals surface area contributed by atoms with Gasteiger partial charge in [0.1, 0.15) is 0 Å². The van der Waals surface area contributed by atoms with Gasteiger partial charge in [-0.05, 0) is 29.1 Å². The van der Waals surface area contributed by atoms with Crippen molar-refractivity contribution in [2.24, 2.45) is 5.73 Å². The van der Waals surface area contributed by atoms with Gasteiger partial charge in [0, 0.05) is 17.8 Å². The summed E-state index contributed by atoms with van der Waals surface area (Å²) in [6, 6.07) is 8.10. The van der Waals surface area contributed by atoms with Crippen LogP contribution in [0.3, 0.4) is 0 Å². The zero-order chi connectivity index (χ0) is 9.26. The minimum Gasteiger partial charge on any atom is -0.361 e. The van der Waals surface area contributed by atoms with E-state index in [-0.39, 0.29) is 6.04 Å². The van der Waals surface area contributed by atoms with E-state index in [1.54, 1.807) is 6.08 Å². The Kier molecular flexibility index (Phi) is 1.91. The Morgan fingerprint density at radius 2 is 2.23 bits per heavy atom. The van der Waals surface area contributed by atoms with Crippen molar-refractivity contribution in [3.05, 3.63) is 48.7 Å². The molecule has 0 bridgehead atoms. The van der Waals surface area contributed by atoms with E-state index in [9.17, 15) is 0 Å². The van der Waals surface area contributed by atoms with Gasteiger partial charge in [0.15, 0.2) is 0 Å². The van der Waals surface area contributed by atoms with E-state index in [1.807, 2.05) is 24.4 Å². The highest BCUT2D eigenvalue weighted by Gasteiger charge is 2.01. The van der Waals surface area contributed by atoms with Crippen LogP contribution in [0.15, 0.2) is 43.1 Å². The summed E-state index contributed by atoms with van der Waals surface area (Å²) in [4.78, 5) is 3.14. The maximum atomic E-state index is 5.83. The van der Waals surface area contributed by atoms with Crippen LogP contribution in [-0.2, 0) is 0 Å². The number of hydrogen-bond acceptors (Lipinski definition) is 1. The fraction of sp³-hybridized carbons (Fsp3) is 0.0909. The topological polar surface area (TPSA) is 41.8 Å². The summed E-state index contributed by atoms with van der Waals surface area (Å²) in [5, 5.41) is 1.19. The van der Waals surface area contributed by atoms with Gasteiger partial charge in [-0.1, -0.05) is 12.1 Å².